The average molecular weight is 335 g/mol. The number of rotatable bonds is 8. The lowest BCUT2D eigenvalue weighted by Gasteiger charge is -2.33. The van der Waals surface area contributed by atoms with Crippen LogP contribution in [0, 0.1) is 5.41 Å². The van der Waals surface area contributed by atoms with Gasteiger partial charge in [0.15, 0.2) is 0 Å². The highest BCUT2D eigenvalue weighted by molar-refractivity contribution is 5.94. The van der Waals surface area contributed by atoms with E-state index in [1.165, 1.54) is 0 Å². The summed E-state index contributed by atoms with van der Waals surface area (Å²) >= 11 is 0. The summed E-state index contributed by atoms with van der Waals surface area (Å²) in [4.78, 5) is 23.8. The smallest absolute Gasteiger partial charge is 0.311 e. The second kappa shape index (κ2) is 8.68. The average Bonchev–Trinajstić information content (AvgIpc) is 2.61. The second-order valence-electron chi connectivity index (χ2n) is 6.11. The van der Waals surface area contributed by atoms with E-state index in [-0.39, 0.29) is 12.5 Å². The molecule has 0 radical (unpaired) electrons. The highest BCUT2D eigenvalue weighted by Gasteiger charge is 2.40. The molecule has 1 aromatic rings. The summed E-state index contributed by atoms with van der Waals surface area (Å²) < 4.78 is 10.8. The molecule has 0 aromatic heterocycles. The molecule has 2 N–H and O–H groups in total. The predicted molar refractivity (Wildman–Crippen MR) is 89.3 cm³/mol. The Morgan fingerprint density at radius 1 is 1.25 bits per heavy atom. The maximum absolute atomic E-state index is 12.2. The first-order valence-corrected chi connectivity index (χ1v) is 8.39. The third kappa shape index (κ3) is 4.71. The van der Waals surface area contributed by atoms with E-state index < -0.39 is 11.4 Å². The fourth-order valence-corrected chi connectivity index (χ4v) is 2.62. The molecule has 1 aliphatic rings. The molecule has 6 heteroatoms. The Hall–Kier alpha value is -2.08. The number of aliphatic carboxylic acids is 1. The van der Waals surface area contributed by atoms with E-state index in [0.29, 0.717) is 38.2 Å². The molecule has 24 heavy (non-hydrogen) atoms. The van der Waals surface area contributed by atoms with E-state index in [0.717, 1.165) is 18.6 Å². The summed E-state index contributed by atoms with van der Waals surface area (Å²) in [5, 5.41) is 12.2. The van der Waals surface area contributed by atoms with Gasteiger partial charge in [-0.25, -0.2) is 0 Å². The van der Waals surface area contributed by atoms with Crippen LogP contribution >= 0.6 is 0 Å². The summed E-state index contributed by atoms with van der Waals surface area (Å²) in [6.07, 6.45) is 2.87. The van der Waals surface area contributed by atoms with Crippen molar-refractivity contribution in [2.24, 2.45) is 5.41 Å². The molecule has 1 saturated heterocycles. The highest BCUT2D eigenvalue weighted by Crippen LogP contribution is 2.30. The third-order valence-electron chi connectivity index (χ3n) is 4.37. The first-order chi connectivity index (χ1) is 11.6. The van der Waals surface area contributed by atoms with Crippen LogP contribution in [0.4, 0.5) is 0 Å². The van der Waals surface area contributed by atoms with Gasteiger partial charge >= 0.3 is 5.97 Å². The molecule has 1 aliphatic heterocycles. The van der Waals surface area contributed by atoms with Gasteiger partial charge in [-0.05, 0) is 43.5 Å². The number of carboxylic acids is 1. The van der Waals surface area contributed by atoms with E-state index in [1.54, 1.807) is 24.3 Å². The molecule has 0 unspecified atom stereocenters. The Balaban J connectivity index is 1.90. The van der Waals surface area contributed by atoms with Crippen LogP contribution in [0.1, 0.15) is 43.0 Å². The standard InChI is InChI=1S/C18H25NO5/c1-2-3-10-24-15-6-4-14(5-7-15)16(20)19-13-18(17(21)22)8-11-23-12-9-18/h4-7H,2-3,8-13H2,1H3,(H,19,20)(H,21,22). The van der Waals surface area contributed by atoms with Crippen molar-refractivity contribution in [3.8, 4) is 5.75 Å². The van der Waals surface area contributed by atoms with Gasteiger partial charge in [0.2, 0.25) is 0 Å². The molecule has 1 amide bonds. The van der Waals surface area contributed by atoms with Gasteiger partial charge in [-0.3, -0.25) is 9.59 Å². The number of unbranched alkanes of at least 4 members (excludes halogenated alkanes) is 1. The molecule has 0 atom stereocenters. The van der Waals surface area contributed by atoms with Gasteiger partial charge < -0.3 is 19.9 Å². The first-order valence-electron chi connectivity index (χ1n) is 8.39. The second-order valence-corrected chi connectivity index (χ2v) is 6.11. The van der Waals surface area contributed by atoms with Crippen LogP contribution < -0.4 is 10.1 Å². The lowest BCUT2D eigenvalue weighted by molar-refractivity contribution is -0.154. The monoisotopic (exact) mass is 335 g/mol. The minimum atomic E-state index is -0.933. The van der Waals surface area contributed by atoms with Crippen LogP contribution in [0.5, 0.6) is 5.75 Å². The van der Waals surface area contributed by atoms with Gasteiger partial charge in [-0.1, -0.05) is 13.3 Å². The van der Waals surface area contributed by atoms with E-state index in [9.17, 15) is 14.7 Å². The number of nitrogens with one attached hydrogen (secondary N) is 1. The Bertz CT molecular complexity index is 549. The van der Waals surface area contributed by atoms with Crippen molar-refractivity contribution in [3.63, 3.8) is 0 Å². The molecule has 1 aromatic carbocycles. The Labute approximate surface area is 142 Å². The van der Waals surface area contributed by atoms with Gasteiger partial charge in [0.1, 0.15) is 5.75 Å². The zero-order valence-electron chi connectivity index (χ0n) is 14.0. The number of carbonyl (C=O) groups is 2. The number of benzene rings is 1. The normalized spacial score (nSPS) is 16.4. The van der Waals surface area contributed by atoms with Gasteiger partial charge in [0, 0.05) is 25.3 Å². The lowest BCUT2D eigenvalue weighted by Crippen LogP contribution is -2.46. The Kier molecular flexibility index (Phi) is 6.61. The van der Waals surface area contributed by atoms with Gasteiger partial charge in [-0.15, -0.1) is 0 Å². The molecule has 1 fully saturated rings. The molecule has 1 heterocycles. The predicted octanol–water partition coefficient (Wildman–Crippen LogP) is 2.48. The van der Waals surface area contributed by atoms with E-state index >= 15 is 0 Å². The summed E-state index contributed by atoms with van der Waals surface area (Å²) in [5.41, 5.74) is -0.442. The van der Waals surface area contributed by atoms with Crippen molar-refractivity contribution in [1.82, 2.24) is 5.32 Å². The molecule has 6 nitrogen and oxygen atoms in total. The molecule has 0 saturated carbocycles. The summed E-state index contributed by atoms with van der Waals surface area (Å²) in [5.74, 6) is -0.431. The minimum absolute atomic E-state index is 0.110. The molecular formula is C18H25NO5. The van der Waals surface area contributed by atoms with Gasteiger partial charge in [-0.2, -0.15) is 0 Å². The minimum Gasteiger partial charge on any atom is -0.494 e. The summed E-state index contributed by atoms with van der Waals surface area (Å²) in [6.45, 7) is 3.68. The number of amides is 1. The van der Waals surface area contributed by atoms with E-state index in [1.807, 2.05) is 0 Å². The third-order valence-corrected chi connectivity index (χ3v) is 4.37. The SMILES string of the molecule is CCCCOc1ccc(C(=O)NCC2(C(=O)O)CCOCC2)cc1. The number of carboxylic acid groups (broad SMARTS) is 1. The Morgan fingerprint density at radius 3 is 2.50 bits per heavy atom. The van der Waals surface area contributed by atoms with Crippen molar-refractivity contribution in [3.05, 3.63) is 29.8 Å². The van der Waals surface area contributed by atoms with Crippen LogP contribution in [0.3, 0.4) is 0 Å². The molecule has 2 rings (SSSR count). The topological polar surface area (TPSA) is 84.9 Å². The number of ether oxygens (including phenoxy) is 2. The van der Waals surface area contributed by atoms with Crippen LogP contribution in [-0.2, 0) is 9.53 Å². The van der Waals surface area contributed by atoms with Crippen molar-refractivity contribution in [2.75, 3.05) is 26.4 Å². The summed E-state index contributed by atoms with van der Waals surface area (Å²) in [7, 11) is 0. The molecule has 0 bridgehead atoms. The van der Waals surface area contributed by atoms with Crippen LogP contribution in [0.25, 0.3) is 0 Å². The van der Waals surface area contributed by atoms with Crippen molar-refractivity contribution < 1.29 is 24.2 Å². The lowest BCUT2D eigenvalue weighted by atomic mass is 9.80. The van der Waals surface area contributed by atoms with Gasteiger partial charge in [0.05, 0.1) is 12.0 Å². The van der Waals surface area contributed by atoms with Crippen molar-refractivity contribution in [2.45, 2.75) is 32.6 Å². The van der Waals surface area contributed by atoms with Crippen molar-refractivity contribution in [1.29, 1.82) is 0 Å². The molecule has 132 valence electrons. The number of carbonyl (C=O) groups excluding carboxylic acids is 1. The van der Waals surface area contributed by atoms with Crippen LogP contribution in [-0.4, -0.2) is 43.3 Å². The van der Waals surface area contributed by atoms with Crippen LogP contribution in [0.15, 0.2) is 24.3 Å². The van der Waals surface area contributed by atoms with Crippen LogP contribution in [0.2, 0.25) is 0 Å². The first kappa shape index (κ1) is 18.3. The molecule has 0 spiro atoms. The van der Waals surface area contributed by atoms with Gasteiger partial charge in [0.25, 0.3) is 5.91 Å². The molecule has 0 aliphatic carbocycles. The largest absolute Gasteiger partial charge is 0.494 e. The fraction of sp³-hybridized carbons (Fsp3) is 0.556. The maximum atomic E-state index is 12.2. The quantitative estimate of drug-likeness (QED) is 0.713. The highest BCUT2D eigenvalue weighted by atomic mass is 16.5. The van der Waals surface area contributed by atoms with E-state index in [2.05, 4.69) is 12.2 Å². The zero-order valence-corrected chi connectivity index (χ0v) is 14.0. The maximum Gasteiger partial charge on any atom is 0.311 e. The molecular weight excluding hydrogens is 310 g/mol. The number of hydrogen-bond donors (Lipinski definition) is 2. The Morgan fingerprint density at radius 2 is 1.92 bits per heavy atom. The van der Waals surface area contributed by atoms with Crippen molar-refractivity contribution >= 4 is 11.9 Å². The number of hydrogen-bond acceptors (Lipinski definition) is 4. The zero-order chi connectivity index (χ0) is 17.4. The van der Waals surface area contributed by atoms with E-state index in [4.69, 9.17) is 9.47 Å². The fourth-order valence-electron chi connectivity index (χ4n) is 2.62. The summed E-state index contributed by atoms with van der Waals surface area (Å²) in [6, 6.07) is 6.89.